The Bertz CT molecular complexity index is 1300. The summed E-state index contributed by atoms with van der Waals surface area (Å²) in [6, 6.07) is 16.7. The molecule has 1 heterocycles. The lowest BCUT2D eigenvalue weighted by Crippen LogP contribution is -2.35. The minimum Gasteiger partial charge on any atom is -0.467 e. The molecule has 4 rings (SSSR count). The summed E-state index contributed by atoms with van der Waals surface area (Å²) in [4.78, 5) is 38.7. The number of halogens is 4. The van der Waals surface area contributed by atoms with Gasteiger partial charge in [0.2, 0.25) is 0 Å². The molecule has 0 spiro atoms. The molecule has 1 atom stereocenters. The minimum absolute atomic E-state index is 0.0105. The van der Waals surface area contributed by atoms with Gasteiger partial charge in [-0.3, -0.25) is 14.5 Å². The van der Waals surface area contributed by atoms with Gasteiger partial charge in [0.05, 0.1) is 24.8 Å². The number of benzene rings is 3. The summed E-state index contributed by atoms with van der Waals surface area (Å²) < 4.78 is 50.5. The molecule has 0 bridgehead atoms. The van der Waals surface area contributed by atoms with Crippen molar-refractivity contribution < 1.29 is 37.0 Å². The molecule has 0 aromatic heterocycles. The summed E-state index contributed by atoms with van der Waals surface area (Å²) in [5, 5.41) is 0.556. The van der Waals surface area contributed by atoms with Crippen molar-refractivity contribution in [2.24, 2.45) is 0 Å². The highest BCUT2D eigenvalue weighted by molar-refractivity contribution is 6.30. The van der Waals surface area contributed by atoms with Crippen LogP contribution in [0.5, 0.6) is 11.5 Å². The van der Waals surface area contributed by atoms with E-state index in [0.717, 1.165) is 12.1 Å². The Kier molecular flexibility index (Phi) is 8.21. The van der Waals surface area contributed by atoms with Crippen molar-refractivity contribution in [3.05, 3.63) is 88.9 Å². The molecule has 0 saturated carbocycles. The van der Waals surface area contributed by atoms with Crippen molar-refractivity contribution in [1.82, 2.24) is 4.90 Å². The summed E-state index contributed by atoms with van der Waals surface area (Å²) in [7, 11) is 0. The summed E-state index contributed by atoms with van der Waals surface area (Å²) in [6.07, 6.45) is -4.65. The maximum atomic E-state index is 13.4. The zero-order valence-corrected chi connectivity index (χ0v) is 20.6. The Morgan fingerprint density at radius 2 is 1.68 bits per heavy atom. The summed E-state index contributed by atoms with van der Waals surface area (Å²) in [5.74, 6) is 0.668. The van der Waals surface area contributed by atoms with Crippen LogP contribution >= 0.6 is 11.6 Å². The van der Waals surface area contributed by atoms with Crippen molar-refractivity contribution in [2.45, 2.75) is 18.6 Å². The smallest absolute Gasteiger partial charge is 0.416 e. The third-order valence-corrected chi connectivity index (χ3v) is 6.13. The molecule has 38 heavy (non-hydrogen) atoms. The van der Waals surface area contributed by atoms with Crippen LogP contribution in [-0.4, -0.2) is 42.9 Å². The first-order chi connectivity index (χ1) is 18.2. The first-order valence-electron chi connectivity index (χ1n) is 11.5. The zero-order chi connectivity index (χ0) is 27.3. The van der Waals surface area contributed by atoms with E-state index >= 15 is 0 Å². The third-order valence-electron chi connectivity index (χ3n) is 5.88. The number of rotatable bonds is 10. The molecule has 1 unspecified atom stereocenters. The van der Waals surface area contributed by atoms with E-state index in [2.05, 4.69) is 4.74 Å². The quantitative estimate of drug-likeness (QED) is 0.221. The normalized spacial score (nSPS) is 15.5. The molecule has 0 radical (unpaired) electrons. The average molecular weight is 547 g/mol. The predicted molar refractivity (Wildman–Crippen MR) is 133 cm³/mol. The molecule has 11 heteroatoms. The van der Waals surface area contributed by atoms with Crippen LogP contribution < -0.4 is 9.64 Å². The van der Waals surface area contributed by atoms with Gasteiger partial charge in [-0.25, -0.2) is 4.79 Å². The maximum absolute atomic E-state index is 13.4. The van der Waals surface area contributed by atoms with Gasteiger partial charge >= 0.3 is 12.2 Å². The van der Waals surface area contributed by atoms with E-state index in [0.29, 0.717) is 22.2 Å². The Hall–Kier alpha value is -4.05. The van der Waals surface area contributed by atoms with Gasteiger partial charge in [-0.2, -0.15) is 13.2 Å². The second-order valence-corrected chi connectivity index (χ2v) is 8.91. The van der Waals surface area contributed by atoms with Gasteiger partial charge in [0.1, 0.15) is 11.5 Å². The minimum atomic E-state index is -4.56. The highest BCUT2D eigenvalue weighted by Crippen LogP contribution is 2.38. The van der Waals surface area contributed by atoms with Gasteiger partial charge in [0.25, 0.3) is 6.47 Å². The summed E-state index contributed by atoms with van der Waals surface area (Å²) >= 11 is 5.89. The largest absolute Gasteiger partial charge is 0.467 e. The van der Waals surface area contributed by atoms with E-state index in [1.165, 1.54) is 21.9 Å². The number of amides is 2. The number of urea groups is 1. The van der Waals surface area contributed by atoms with Crippen molar-refractivity contribution >= 4 is 35.6 Å². The molecule has 3 aromatic carbocycles. The number of hydrogen-bond acceptors (Lipinski definition) is 5. The molecule has 2 amide bonds. The number of nitrogens with zero attached hydrogens (tertiary/aromatic N) is 2. The van der Waals surface area contributed by atoms with E-state index in [4.69, 9.17) is 16.3 Å². The van der Waals surface area contributed by atoms with Gasteiger partial charge in [-0.15, -0.1) is 0 Å². The lowest BCUT2D eigenvalue weighted by molar-refractivity contribution is -0.137. The lowest BCUT2D eigenvalue weighted by atomic mass is 10.0. The molecular formula is C27H22ClF3N2O5. The number of carbonyl (C=O) groups excluding carboxylic acids is 3. The lowest BCUT2D eigenvalue weighted by Gasteiger charge is -2.24. The number of alkyl halides is 3. The molecule has 1 fully saturated rings. The Labute approximate surface area is 221 Å². The molecule has 198 valence electrons. The molecule has 0 aliphatic carbocycles. The number of ether oxygens (including phenoxy) is 2. The molecule has 0 N–H and O–H groups in total. The van der Waals surface area contributed by atoms with Gasteiger partial charge in [-0.05, 0) is 66.2 Å². The molecule has 1 aliphatic rings. The standard InChI is InChI=1S/C27H22ClF3N2O5/c28-20-4-8-23(9-5-20)38-24-10-6-21(7-11-24)33-25(18-2-1-3-19(14-18)27(29,30)31)16-32(26(33)36)15-22(35)12-13-37-17-34/h1-11,14,17,25H,12-13,15-16H2. The fourth-order valence-corrected chi connectivity index (χ4v) is 4.21. The number of ketones is 1. The van der Waals surface area contributed by atoms with Gasteiger partial charge in [0.15, 0.2) is 5.78 Å². The Balaban J connectivity index is 1.60. The third kappa shape index (κ3) is 6.44. The van der Waals surface area contributed by atoms with Crippen LogP contribution in [-0.2, 0) is 20.5 Å². The number of hydrogen-bond donors (Lipinski definition) is 0. The Morgan fingerprint density at radius 1 is 1.03 bits per heavy atom. The van der Waals surface area contributed by atoms with Crippen molar-refractivity contribution in [1.29, 1.82) is 0 Å². The maximum Gasteiger partial charge on any atom is 0.416 e. The van der Waals surface area contributed by atoms with Crippen LogP contribution in [0.3, 0.4) is 0 Å². The van der Waals surface area contributed by atoms with Crippen LogP contribution in [0.4, 0.5) is 23.7 Å². The monoisotopic (exact) mass is 546 g/mol. The van der Waals surface area contributed by atoms with Crippen molar-refractivity contribution in [3.8, 4) is 11.5 Å². The van der Waals surface area contributed by atoms with Crippen LogP contribution in [0.2, 0.25) is 5.02 Å². The van der Waals surface area contributed by atoms with Crippen molar-refractivity contribution in [2.75, 3.05) is 24.6 Å². The molecule has 1 aliphatic heterocycles. The average Bonchev–Trinajstić information content (AvgIpc) is 3.21. The summed E-state index contributed by atoms with van der Waals surface area (Å²) in [5.41, 5.74) is -0.149. The van der Waals surface area contributed by atoms with Crippen LogP contribution in [0.25, 0.3) is 0 Å². The molecule has 7 nitrogen and oxygen atoms in total. The van der Waals surface area contributed by atoms with E-state index in [1.807, 2.05) is 0 Å². The van der Waals surface area contributed by atoms with E-state index in [-0.39, 0.29) is 43.9 Å². The number of Topliss-reactive ketones (excluding diaryl/α,β-unsaturated/α-hetero) is 1. The van der Waals surface area contributed by atoms with E-state index in [9.17, 15) is 27.6 Å². The highest BCUT2D eigenvalue weighted by Gasteiger charge is 2.41. The highest BCUT2D eigenvalue weighted by atomic mass is 35.5. The fraction of sp³-hybridized carbons (Fsp3) is 0.222. The van der Waals surface area contributed by atoms with Gasteiger partial charge < -0.3 is 14.4 Å². The topological polar surface area (TPSA) is 76.2 Å². The first-order valence-corrected chi connectivity index (χ1v) is 11.9. The fourth-order valence-electron chi connectivity index (χ4n) is 4.08. The second kappa shape index (κ2) is 11.6. The predicted octanol–water partition coefficient (Wildman–Crippen LogP) is 6.27. The van der Waals surface area contributed by atoms with Crippen LogP contribution in [0, 0.1) is 0 Å². The SMILES string of the molecule is O=COCCC(=O)CN1CC(c2cccc(C(F)(F)F)c2)N(c2ccc(Oc3ccc(Cl)cc3)cc2)C1=O. The molecule has 1 saturated heterocycles. The van der Waals surface area contributed by atoms with Gasteiger partial charge in [-0.1, -0.05) is 23.7 Å². The zero-order valence-electron chi connectivity index (χ0n) is 19.9. The van der Waals surface area contributed by atoms with Crippen LogP contribution in [0.1, 0.15) is 23.6 Å². The number of carbonyl (C=O) groups is 3. The summed E-state index contributed by atoms with van der Waals surface area (Å²) in [6.45, 7) is -0.186. The second-order valence-electron chi connectivity index (χ2n) is 8.48. The van der Waals surface area contributed by atoms with Crippen molar-refractivity contribution in [3.63, 3.8) is 0 Å². The Morgan fingerprint density at radius 3 is 2.32 bits per heavy atom. The van der Waals surface area contributed by atoms with Gasteiger partial charge in [0, 0.05) is 23.7 Å². The first kappa shape index (κ1) is 27.0. The molecular weight excluding hydrogens is 525 g/mol. The molecule has 3 aromatic rings. The van der Waals surface area contributed by atoms with Crippen LogP contribution in [0.15, 0.2) is 72.8 Å². The van der Waals surface area contributed by atoms with E-state index < -0.39 is 23.8 Å². The number of anilines is 1. The van der Waals surface area contributed by atoms with E-state index in [1.54, 1.807) is 48.5 Å².